The monoisotopic (exact) mass is 557 g/mol. The Bertz CT molecular complexity index is 1220. The third kappa shape index (κ3) is 6.33. The lowest BCUT2D eigenvalue weighted by Gasteiger charge is -2.43. The minimum atomic E-state index is -0.00284. The number of nitrogens with zero attached hydrogens (tertiary/aromatic N) is 3. The van der Waals surface area contributed by atoms with E-state index in [1.807, 2.05) is 0 Å². The fourth-order valence-electron chi connectivity index (χ4n) is 7.83. The molecule has 0 spiro atoms. The molecule has 2 fully saturated rings. The van der Waals surface area contributed by atoms with E-state index in [9.17, 15) is 9.59 Å². The maximum absolute atomic E-state index is 13.6. The van der Waals surface area contributed by atoms with E-state index in [1.165, 1.54) is 49.7 Å². The lowest BCUT2D eigenvalue weighted by molar-refractivity contribution is -0.125. The third-order valence-corrected chi connectivity index (χ3v) is 10.5. The second-order valence-electron chi connectivity index (χ2n) is 13.1. The summed E-state index contributed by atoms with van der Waals surface area (Å²) in [6.45, 7) is 7.08. The minimum Gasteiger partial charge on any atom is -0.459 e. The molecule has 0 bridgehead atoms. The van der Waals surface area contributed by atoms with Gasteiger partial charge in [0.1, 0.15) is 0 Å². The average Bonchev–Trinajstić information content (AvgIpc) is 3.66. The molecule has 0 radical (unpaired) electrons. The molecule has 0 unspecified atom stereocenters. The summed E-state index contributed by atoms with van der Waals surface area (Å²) in [6, 6.07) is 3.80. The zero-order valence-electron chi connectivity index (χ0n) is 24.9. The fraction of sp³-hybridized carbons (Fsp3) is 0.600. The van der Waals surface area contributed by atoms with Gasteiger partial charge in [-0.05, 0) is 107 Å². The third-order valence-electron chi connectivity index (χ3n) is 10.5. The largest absolute Gasteiger partial charge is 0.459 e. The summed E-state index contributed by atoms with van der Waals surface area (Å²) in [5.74, 6) is 0.690. The van der Waals surface area contributed by atoms with Crippen LogP contribution in [0.25, 0.3) is 0 Å². The van der Waals surface area contributed by atoms with Crippen LogP contribution in [0.2, 0.25) is 0 Å². The molecule has 1 aromatic heterocycles. The molecule has 5 aliphatic rings. The van der Waals surface area contributed by atoms with Crippen molar-refractivity contribution in [2.24, 2.45) is 5.41 Å². The van der Waals surface area contributed by atoms with Crippen LogP contribution in [0, 0.1) is 5.41 Å². The highest BCUT2D eigenvalue weighted by Gasteiger charge is 2.37. The molecule has 0 aromatic carbocycles. The topological polar surface area (TPSA) is 57.0 Å². The quantitative estimate of drug-likeness (QED) is 0.327. The summed E-state index contributed by atoms with van der Waals surface area (Å²) in [5.41, 5.74) is 5.18. The van der Waals surface area contributed by atoms with E-state index in [0.717, 1.165) is 88.9 Å². The van der Waals surface area contributed by atoms with Crippen LogP contribution in [0.5, 0.6) is 0 Å². The van der Waals surface area contributed by atoms with E-state index in [4.69, 9.17) is 4.42 Å². The first kappa shape index (κ1) is 28.3. The fourth-order valence-corrected chi connectivity index (χ4v) is 7.83. The first-order valence-electron chi connectivity index (χ1n) is 16.1. The van der Waals surface area contributed by atoms with Gasteiger partial charge in [-0.2, -0.15) is 0 Å². The first-order chi connectivity index (χ1) is 20.0. The SMILES string of the molecule is CC1=CC=C(N(C(=O)c2ccco2)C2CCN(CCC3(CCN4CC5=C(C=CCC5)C4=O)CCCCC3)CC2)CC1. The predicted octanol–water partition coefficient (Wildman–Crippen LogP) is 7.03. The van der Waals surface area contributed by atoms with Gasteiger partial charge in [0, 0.05) is 43.5 Å². The summed E-state index contributed by atoms with van der Waals surface area (Å²) >= 11 is 0. The second kappa shape index (κ2) is 12.6. The average molecular weight is 558 g/mol. The Labute approximate surface area is 245 Å². The number of hydrogen-bond acceptors (Lipinski definition) is 4. The molecule has 220 valence electrons. The number of carbonyl (C=O) groups excluding carboxylic acids is 2. The first-order valence-corrected chi connectivity index (χ1v) is 16.1. The summed E-state index contributed by atoms with van der Waals surface area (Å²) in [5, 5.41) is 0. The van der Waals surface area contributed by atoms with Crippen molar-refractivity contribution in [2.45, 2.75) is 96.4 Å². The highest BCUT2D eigenvalue weighted by Crippen LogP contribution is 2.43. The molecular weight excluding hydrogens is 510 g/mol. The number of likely N-dealkylation sites (tertiary alicyclic amines) is 1. The van der Waals surface area contributed by atoms with Crippen LogP contribution in [-0.4, -0.2) is 65.3 Å². The molecule has 3 aliphatic carbocycles. The number of rotatable bonds is 9. The molecule has 6 heteroatoms. The van der Waals surface area contributed by atoms with E-state index >= 15 is 0 Å². The van der Waals surface area contributed by atoms with Crippen LogP contribution in [0.15, 0.2) is 69.5 Å². The van der Waals surface area contributed by atoms with Gasteiger partial charge in [0.2, 0.25) is 0 Å². The molecule has 2 aliphatic heterocycles. The van der Waals surface area contributed by atoms with Crippen LogP contribution >= 0.6 is 0 Å². The molecule has 0 N–H and O–H groups in total. The van der Waals surface area contributed by atoms with Crippen molar-refractivity contribution in [3.05, 3.63) is 70.9 Å². The van der Waals surface area contributed by atoms with Crippen molar-refractivity contribution in [1.29, 1.82) is 0 Å². The Balaban J connectivity index is 1.05. The van der Waals surface area contributed by atoms with E-state index in [-0.39, 0.29) is 17.9 Å². The number of carbonyl (C=O) groups is 2. The summed E-state index contributed by atoms with van der Waals surface area (Å²) in [4.78, 5) is 33.4. The van der Waals surface area contributed by atoms with Gasteiger partial charge in [-0.15, -0.1) is 0 Å². The van der Waals surface area contributed by atoms with Gasteiger partial charge in [0.15, 0.2) is 5.76 Å². The van der Waals surface area contributed by atoms with Gasteiger partial charge >= 0.3 is 0 Å². The number of hydrogen-bond donors (Lipinski definition) is 0. The van der Waals surface area contributed by atoms with Crippen molar-refractivity contribution >= 4 is 11.8 Å². The van der Waals surface area contributed by atoms with Gasteiger partial charge < -0.3 is 19.1 Å². The zero-order valence-corrected chi connectivity index (χ0v) is 24.9. The smallest absolute Gasteiger partial charge is 0.293 e. The number of allylic oxidation sites excluding steroid dienone is 5. The van der Waals surface area contributed by atoms with Crippen molar-refractivity contribution < 1.29 is 14.0 Å². The van der Waals surface area contributed by atoms with Gasteiger partial charge in [-0.3, -0.25) is 9.59 Å². The highest BCUT2D eigenvalue weighted by molar-refractivity contribution is 6.00. The molecule has 6 nitrogen and oxygen atoms in total. The normalized spacial score (nSPS) is 23.4. The van der Waals surface area contributed by atoms with Crippen molar-refractivity contribution in [2.75, 3.05) is 32.7 Å². The molecule has 0 atom stereocenters. The highest BCUT2D eigenvalue weighted by atomic mass is 16.3. The molecule has 41 heavy (non-hydrogen) atoms. The van der Waals surface area contributed by atoms with E-state index < -0.39 is 0 Å². The lowest BCUT2D eigenvalue weighted by Crippen LogP contribution is -2.47. The number of furan rings is 1. The summed E-state index contributed by atoms with van der Waals surface area (Å²) in [6.07, 6.45) is 25.1. The van der Waals surface area contributed by atoms with E-state index in [1.54, 1.807) is 18.4 Å². The van der Waals surface area contributed by atoms with Crippen LogP contribution in [0.4, 0.5) is 0 Å². The molecule has 1 aromatic rings. The summed E-state index contributed by atoms with van der Waals surface area (Å²) < 4.78 is 5.54. The van der Waals surface area contributed by atoms with Gasteiger partial charge in [0.25, 0.3) is 11.8 Å². The Hall–Kier alpha value is -2.86. The van der Waals surface area contributed by atoms with Crippen molar-refractivity contribution in [1.82, 2.24) is 14.7 Å². The second-order valence-corrected chi connectivity index (χ2v) is 13.1. The maximum Gasteiger partial charge on any atom is 0.293 e. The predicted molar refractivity (Wildman–Crippen MR) is 162 cm³/mol. The molecule has 6 rings (SSSR count). The number of piperidine rings is 1. The Morgan fingerprint density at radius 2 is 1.85 bits per heavy atom. The molecule has 1 saturated heterocycles. The molecule has 2 amide bonds. The van der Waals surface area contributed by atoms with Gasteiger partial charge in [-0.25, -0.2) is 0 Å². The standard InChI is InChI=1S/C35H47N3O3/c1-27-11-13-29(14-12-27)38(34(40)32-10-7-25-41-32)30-15-21-36(22-16-30)23-19-35(17-5-2-6-18-35)20-24-37-26-28-8-3-4-9-31(28)33(37)39/h4,7,9-11,13,25,30H,2-3,5-6,8,12,14-24,26H2,1H3. The van der Waals surface area contributed by atoms with Crippen LogP contribution in [-0.2, 0) is 4.79 Å². The molecular formula is C35H47N3O3. The van der Waals surface area contributed by atoms with Crippen LogP contribution in [0.1, 0.15) is 101 Å². The van der Waals surface area contributed by atoms with E-state index in [0.29, 0.717) is 11.2 Å². The van der Waals surface area contributed by atoms with Crippen molar-refractivity contribution in [3.63, 3.8) is 0 Å². The van der Waals surface area contributed by atoms with E-state index in [2.05, 4.69) is 45.9 Å². The van der Waals surface area contributed by atoms with Crippen molar-refractivity contribution in [3.8, 4) is 0 Å². The van der Waals surface area contributed by atoms with Gasteiger partial charge in [-0.1, -0.05) is 43.1 Å². The Kier molecular flexibility index (Phi) is 8.66. The zero-order chi connectivity index (χ0) is 28.2. The lowest BCUT2D eigenvalue weighted by atomic mass is 9.69. The summed E-state index contributed by atoms with van der Waals surface area (Å²) in [7, 11) is 0. The minimum absolute atomic E-state index is 0.00284. The molecule has 1 saturated carbocycles. The Morgan fingerprint density at radius 1 is 1.05 bits per heavy atom. The van der Waals surface area contributed by atoms with Crippen LogP contribution in [0.3, 0.4) is 0 Å². The van der Waals surface area contributed by atoms with Crippen LogP contribution < -0.4 is 0 Å². The maximum atomic E-state index is 13.6. The number of amides is 2. The molecule has 3 heterocycles. The Morgan fingerprint density at radius 3 is 2.56 bits per heavy atom. The van der Waals surface area contributed by atoms with Gasteiger partial charge in [0.05, 0.1) is 6.26 Å².